The average Bonchev–Trinajstić information content (AvgIpc) is 2.46. The zero-order valence-electron chi connectivity index (χ0n) is 13.5. The predicted octanol–water partition coefficient (Wildman–Crippen LogP) is 0.468. The molecule has 0 bridgehead atoms. The summed E-state index contributed by atoms with van der Waals surface area (Å²) in [5.41, 5.74) is 0. The van der Waals surface area contributed by atoms with Crippen LogP contribution in [0.4, 0.5) is 0 Å². The minimum atomic E-state index is -4.70. The maximum atomic E-state index is 11.9. The fraction of sp³-hybridized carbons (Fsp3) is 0.533. The maximum absolute atomic E-state index is 11.9. The smallest absolute Gasteiger partial charge is 0.744 e. The van der Waals surface area contributed by atoms with Gasteiger partial charge in [0.05, 0.1) is 4.90 Å². The number of para-hydroxylation sites is 1. The maximum Gasteiger partial charge on any atom is 1.00 e. The Hall–Kier alpha value is -0.110. The van der Waals surface area contributed by atoms with E-state index in [0.29, 0.717) is 6.42 Å². The Morgan fingerprint density at radius 3 is 2.43 bits per heavy atom. The third kappa shape index (κ3) is 8.52. The van der Waals surface area contributed by atoms with Gasteiger partial charge >= 0.3 is 35.5 Å². The summed E-state index contributed by atoms with van der Waals surface area (Å²) in [6, 6.07) is 5.21. The minimum Gasteiger partial charge on any atom is -0.744 e. The van der Waals surface area contributed by atoms with Crippen molar-refractivity contribution in [1.29, 1.82) is 0 Å². The van der Waals surface area contributed by atoms with E-state index in [4.69, 9.17) is 16.3 Å². The van der Waals surface area contributed by atoms with Crippen LogP contribution in [0.25, 0.3) is 0 Å². The first-order valence-electron chi connectivity index (χ1n) is 7.27. The third-order valence-electron chi connectivity index (χ3n) is 3.15. The fourth-order valence-corrected chi connectivity index (χ4v) is 2.76. The molecule has 8 heteroatoms. The minimum absolute atomic E-state index is 0. The molecule has 0 N–H and O–H groups in total. The van der Waals surface area contributed by atoms with Gasteiger partial charge in [-0.15, -0.1) is 11.6 Å². The van der Waals surface area contributed by atoms with Crippen molar-refractivity contribution in [1.82, 2.24) is 0 Å². The summed E-state index contributed by atoms with van der Waals surface area (Å²) in [4.78, 5) is 11.3. The van der Waals surface area contributed by atoms with E-state index in [1.165, 1.54) is 18.2 Å². The number of hydrogen-bond acceptors (Lipinski definition) is 5. The van der Waals surface area contributed by atoms with Crippen LogP contribution >= 0.6 is 11.6 Å². The number of halogens is 1. The van der Waals surface area contributed by atoms with E-state index >= 15 is 0 Å². The summed E-state index contributed by atoms with van der Waals surface area (Å²) in [5, 5.41) is -0.857. The summed E-state index contributed by atoms with van der Waals surface area (Å²) < 4.78 is 38.3. The summed E-state index contributed by atoms with van der Waals surface area (Å²) >= 11 is 5.96. The van der Waals surface area contributed by atoms with Crippen LogP contribution in [0.1, 0.15) is 45.4 Å². The van der Waals surface area contributed by atoms with Gasteiger partial charge in [-0.3, -0.25) is 4.79 Å². The normalized spacial score (nSPS) is 12.3. The number of esters is 1. The number of rotatable bonds is 9. The number of benzene rings is 1. The second-order valence-corrected chi connectivity index (χ2v) is 6.87. The molecule has 5 nitrogen and oxygen atoms in total. The van der Waals surface area contributed by atoms with Crippen molar-refractivity contribution in [3.05, 3.63) is 24.3 Å². The number of alkyl halides is 1. The van der Waals surface area contributed by atoms with Gasteiger partial charge in [0.15, 0.2) is 0 Å². The Morgan fingerprint density at radius 2 is 1.83 bits per heavy atom. The van der Waals surface area contributed by atoms with Crippen LogP contribution in [0.15, 0.2) is 29.2 Å². The van der Waals surface area contributed by atoms with Crippen LogP contribution in [0.2, 0.25) is 0 Å². The van der Waals surface area contributed by atoms with Gasteiger partial charge in [0.1, 0.15) is 21.2 Å². The molecule has 0 saturated carbocycles. The molecule has 0 aliphatic heterocycles. The first-order valence-corrected chi connectivity index (χ1v) is 9.11. The van der Waals surface area contributed by atoms with Crippen molar-refractivity contribution >= 4 is 27.7 Å². The number of carbonyl (C=O) groups is 1. The Morgan fingerprint density at radius 1 is 1.22 bits per heavy atom. The Bertz CT molecular complexity index is 591. The van der Waals surface area contributed by atoms with Crippen molar-refractivity contribution in [2.24, 2.45) is 0 Å². The van der Waals surface area contributed by atoms with Gasteiger partial charge < -0.3 is 9.29 Å². The zero-order valence-corrected chi connectivity index (χ0v) is 17.0. The van der Waals surface area contributed by atoms with Gasteiger partial charge in [-0.25, -0.2) is 8.42 Å². The summed E-state index contributed by atoms with van der Waals surface area (Å²) in [5.74, 6) is -1.02. The van der Waals surface area contributed by atoms with Gasteiger partial charge in [-0.2, -0.15) is 0 Å². The molecule has 23 heavy (non-hydrogen) atoms. The summed E-state index contributed by atoms with van der Waals surface area (Å²) in [7, 11) is -4.70. The molecule has 0 fully saturated rings. The molecular weight excluding hydrogens is 351 g/mol. The van der Waals surface area contributed by atoms with Crippen LogP contribution in [0.5, 0.6) is 5.75 Å². The molecule has 1 rings (SSSR count). The molecule has 1 unspecified atom stereocenters. The van der Waals surface area contributed by atoms with E-state index in [0.717, 1.165) is 38.2 Å². The summed E-state index contributed by atoms with van der Waals surface area (Å²) in [6.45, 7) is 2.11. The second-order valence-electron chi connectivity index (χ2n) is 4.99. The predicted molar refractivity (Wildman–Crippen MR) is 83.1 cm³/mol. The molecule has 1 aromatic rings. The molecule has 124 valence electrons. The van der Waals surface area contributed by atoms with E-state index in [-0.39, 0.29) is 35.3 Å². The van der Waals surface area contributed by atoms with Gasteiger partial charge in [-0.1, -0.05) is 51.2 Å². The van der Waals surface area contributed by atoms with Crippen molar-refractivity contribution in [2.45, 2.75) is 55.7 Å². The van der Waals surface area contributed by atoms with Crippen LogP contribution in [0, 0.1) is 0 Å². The molecule has 0 saturated heterocycles. The van der Waals surface area contributed by atoms with Crippen molar-refractivity contribution in [3.8, 4) is 5.75 Å². The Kier molecular flexibility index (Phi) is 11.4. The van der Waals surface area contributed by atoms with E-state index in [1.54, 1.807) is 0 Å². The van der Waals surface area contributed by atoms with Gasteiger partial charge in [0.25, 0.3) is 0 Å². The van der Waals surface area contributed by atoms with E-state index in [1.807, 2.05) is 0 Å². The largest absolute Gasteiger partial charge is 1.00 e. The van der Waals surface area contributed by atoms with E-state index in [2.05, 4.69) is 6.92 Å². The fourth-order valence-electron chi connectivity index (χ4n) is 1.96. The van der Waals surface area contributed by atoms with Gasteiger partial charge in [0, 0.05) is 0 Å². The molecule has 1 atom stereocenters. The Labute approximate surface area is 164 Å². The standard InChI is InChI=1S/C15H21ClO5S.Na/c1-2-3-4-5-6-9-12(16)15(17)21-13-10-7-8-11-14(13)22(18,19)20;/h7-8,10-12H,2-6,9H2,1H3,(H,18,19,20);/q;+1/p-1. The van der Waals surface area contributed by atoms with Gasteiger partial charge in [-0.05, 0) is 18.6 Å². The first-order chi connectivity index (χ1) is 10.4. The third-order valence-corrected chi connectivity index (χ3v) is 4.42. The SMILES string of the molecule is CCCCCCCC(Cl)C(=O)Oc1ccccc1S(=O)(=O)[O-].[Na+]. The molecule has 0 spiro atoms. The van der Waals surface area contributed by atoms with Crippen LogP contribution < -0.4 is 34.3 Å². The molecule has 0 heterocycles. The topological polar surface area (TPSA) is 83.5 Å². The number of hydrogen-bond donors (Lipinski definition) is 0. The number of ether oxygens (including phenoxy) is 1. The average molecular weight is 371 g/mol. The van der Waals surface area contributed by atoms with E-state index in [9.17, 15) is 17.8 Å². The van der Waals surface area contributed by atoms with Crippen molar-refractivity contribution in [3.63, 3.8) is 0 Å². The van der Waals surface area contributed by atoms with Crippen LogP contribution in [0.3, 0.4) is 0 Å². The monoisotopic (exact) mass is 370 g/mol. The molecule has 0 aliphatic rings. The number of unbranched alkanes of at least 4 members (excludes halogenated alkanes) is 4. The van der Waals surface area contributed by atoms with E-state index < -0.39 is 26.4 Å². The van der Waals surface area contributed by atoms with Crippen LogP contribution in [-0.4, -0.2) is 24.3 Å². The van der Waals surface area contributed by atoms with Gasteiger partial charge in [0.2, 0.25) is 0 Å². The molecular formula is C15H20ClNaO5S. The molecule has 0 radical (unpaired) electrons. The van der Waals surface area contributed by atoms with Crippen molar-refractivity contribution < 1.29 is 52.1 Å². The quantitative estimate of drug-likeness (QED) is 0.157. The van der Waals surface area contributed by atoms with Crippen LogP contribution in [-0.2, 0) is 14.9 Å². The molecule has 0 amide bonds. The second kappa shape index (κ2) is 11.4. The Balaban J connectivity index is 0.00000484. The molecule has 0 aliphatic carbocycles. The molecule has 0 aromatic heterocycles. The number of carbonyl (C=O) groups excluding carboxylic acids is 1. The first kappa shape index (κ1) is 22.9. The molecule has 1 aromatic carbocycles. The van der Waals surface area contributed by atoms with Crippen molar-refractivity contribution in [2.75, 3.05) is 0 Å². The zero-order chi connectivity index (χ0) is 16.6. The summed E-state index contributed by atoms with van der Waals surface area (Å²) in [6.07, 6.45) is 5.60.